The maximum absolute atomic E-state index is 12.4. The van der Waals surface area contributed by atoms with E-state index in [-0.39, 0.29) is 5.91 Å². The zero-order valence-electron chi connectivity index (χ0n) is 13.6. The highest BCUT2D eigenvalue weighted by Crippen LogP contribution is 2.21. The summed E-state index contributed by atoms with van der Waals surface area (Å²) in [4.78, 5) is 20.9. The summed E-state index contributed by atoms with van der Waals surface area (Å²) in [6.07, 6.45) is 6.39. The zero-order valence-corrected chi connectivity index (χ0v) is 13.6. The lowest BCUT2D eigenvalue weighted by atomic mass is 10.1. The monoisotopic (exact) mass is 310 g/mol. The second kappa shape index (κ2) is 6.77. The highest BCUT2D eigenvalue weighted by Gasteiger charge is 2.16. The van der Waals surface area contributed by atoms with Crippen molar-refractivity contribution in [2.45, 2.75) is 45.6 Å². The average Bonchev–Trinajstić information content (AvgIpc) is 3.04. The largest absolute Gasteiger partial charge is 0.351 e. The van der Waals surface area contributed by atoms with Crippen molar-refractivity contribution in [2.24, 2.45) is 0 Å². The Kier molecular flexibility index (Phi) is 4.55. The lowest BCUT2D eigenvalue weighted by molar-refractivity contribution is 0.102. The molecule has 3 rings (SSSR count). The summed E-state index contributed by atoms with van der Waals surface area (Å²) in [6.45, 7) is 4.08. The van der Waals surface area contributed by atoms with Gasteiger partial charge in [0.25, 0.3) is 5.91 Å². The Labute approximate surface area is 136 Å². The van der Waals surface area contributed by atoms with Crippen LogP contribution >= 0.6 is 0 Å². The number of amides is 1. The molecule has 5 nitrogen and oxygen atoms in total. The number of rotatable bonds is 4. The van der Waals surface area contributed by atoms with Crippen LogP contribution in [0, 0.1) is 13.8 Å². The summed E-state index contributed by atoms with van der Waals surface area (Å²) in [5.41, 5.74) is 3.50. The van der Waals surface area contributed by atoms with E-state index in [1.54, 1.807) is 12.3 Å². The van der Waals surface area contributed by atoms with Gasteiger partial charge < -0.3 is 10.6 Å². The van der Waals surface area contributed by atoms with Gasteiger partial charge in [-0.15, -0.1) is 0 Å². The molecule has 1 saturated carbocycles. The number of benzene rings is 1. The predicted molar refractivity (Wildman–Crippen MR) is 91.8 cm³/mol. The smallest absolute Gasteiger partial charge is 0.274 e. The van der Waals surface area contributed by atoms with Crippen LogP contribution in [0.25, 0.3) is 0 Å². The molecule has 1 aromatic heterocycles. The molecule has 0 atom stereocenters. The Morgan fingerprint density at radius 1 is 1.13 bits per heavy atom. The predicted octanol–water partition coefficient (Wildman–Crippen LogP) is 3.70. The first-order chi connectivity index (χ1) is 11.1. The minimum atomic E-state index is -0.217. The van der Waals surface area contributed by atoms with Crippen molar-refractivity contribution in [3.05, 3.63) is 47.3 Å². The van der Waals surface area contributed by atoms with Crippen LogP contribution < -0.4 is 10.6 Å². The number of nitrogens with one attached hydrogen (secondary N) is 2. The maximum Gasteiger partial charge on any atom is 0.274 e. The Balaban J connectivity index is 1.70. The Hall–Kier alpha value is -2.43. The third-order valence-corrected chi connectivity index (χ3v) is 4.34. The first kappa shape index (κ1) is 15.5. The van der Waals surface area contributed by atoms with Gasteiger partial charge in [0.05, 0.1) is 0 Å². The molecule has 0 radical (unpaired) electrons. The quantitative estimate of drug-likeness (QED) is 0.903. The molecule has 2 aromatic rings. The molecule has 1 fully saturated rings. The van der Waals surface area contributed by atoms with Crippen LogP contribution in [-0.2, 0) is 0 Å². The number of nitrogens with zero attached hydrogens (tertiary/aromatic N) is 2. The van der Waals surface area contributed by atoms with Gasteiger partial charge in [-0.25, -0.2) is 9.97 Å². The standard InChI is InChI=1S/C18H22N4O/c1-12-7-8-15(11-13(12)2)20-17(23)16-9-10-19-18(22-16)21-14-5-3-4-6-14/h7-11,14H,3-6H2,1-2H3,(H,20,23)(H,19,21,22). The van der Waals surface area contributed by atoms with Gasteiger partial charge in [0.15, 0.2) is 0 Å². The van der Waals surface area contributed by atoms with E-state index in [4.69, 9.17) is 0 Å². The molecule has 0 bridgehead atoms. The highest BCUT2D eigenvalue weighted by atomic mass is 16.1. The van der Waals surface area contributed by atoms with E-state index in [1.165, 1.54) is 18.4 Å². The van der Waals surface area contributed by atoms with E-state index in [0.29, 0.717) is 17.7 Å². The SMILES string of the molecule is Cc1ccc(NC(=O)c2ccnc(NC3CCCC3)n2)cc1C. The van der Waals surface area contributed by atoms with Gasteiger partial charge in [0.1, 0.15) is 5.69 Å². The molecule has 1 aliphatic carbocycles. The van der Waals surface area contributed by atoms with Gasteiger partial charge in [-0.2, -0.15) is 0 Å². The molecule has 23 heavy (non-hydrogen) atoms. The van der Waals surface area contributed by atoms with Crippen molar-refractivity contribution in [1.29, 1.82) is 0 Å². The van der Waals surface area contributed by atoms with E-state index in [9.17, 15) is 4.79 Å². The van der Waals surface area contributed by atoms with Crippen LogP contribution in [0.3, 0.4) is 0 Å². The molecular formula is C18H22N4O. The Morgan fingerprint density at radius 2 is 1.91 bits per heavy atom. The molecule has 0 unspecified atom stereocenters. The number of anilines is 2. The first-order valence-corrected chi connectivity index (χ1v) is 8.10. The summed E-state index contributed by atoms with van der Waals surface area (Å²) in [5.74, 6) is 0.315. The number of carbonyl (C=O) groups excluding carboxylic acids is 1. The minimum absolute atomic E-state index is 0.217. The van der Waals surface area contributed by atoms with Gasteiger partial charge in [0, 0.05) is 17.9 Å². The van der Waals surface area contributed by atoms with Gasteiger partial charge in [0.2, 0.25) is 5.95 Å². The van der Waals surface area contributed by atoms with Crippen molar-refractivity contribution in [1.82, 2.24) is 9.97 Å². The van der Waals surface area contributed by atoms with Crippen LogP contribution in [0.5, 0.6) is 0 Å². The molecule has 5 heteroatoms. The van der Waals surface area contributed by atoms with E-state index < -0.39 is 0 Å². The van der Waals surface area contributed by atoms with Crippen molar-refractivity contribution < 1.29 is 4.79 Å². The first-order valence-electron chi connectivity index (χ1n) is 8.10. The molecule has 1 heterocycles. The lowest BCUT2D eigenvalue weighted by Gasteiger charge is -2.12. The molecule has 120 valence electrons. The molecule has 1 aromatic carbocycles. The minimum Gasteiger partial charge on any atom is -0.351 e. The van der Waals surface area contributed by atoms with E-state index in [2.05, 4.69) is 20.6 Å². The highest BCUT2D eigenvalue weighted by molar-refractivity contribution is 6.03. The van der Waals surface area contributed by atoms with Crippen molar-refractivity contribution in [2.75, 3.05) is 10.6 Å². The number of hydrogen-bond acceptors (Lipinski definition) is 4. The second-order valence-corrected chi connectivity index (χ2v) is 6.14. The number of hydrogen-bond donors (Lipinski definition) is 2. The van der Waals surface area contributed by atoms with Crippen LogP contribution in [0.15, 0.2) is 30.5 Å². The summed E-state index contributed by atoms with van der Waals surface area (Å²) >= 11 is 0. The number of aryl methyl sites for hydroxylation is 2. The van der Waals surface area contributed by atoms with Gasteiger partial charge in [-0.1, -0.05) is 18.9 Å². The molecular weight excluding hydrogens is 288 g/mol. The summed E-state index contributed by atoms with van der Waals surface area (Å²) in [7, 11) is 0. The Morgan fingerprint density at radius 3 is 2.65 bits per heavy atom. The topological polar surface area (TPSA) is 66.9 Å². The van der Waals surface area contributed by atoms with Crippen LogP contribution in [0.1, 0.15) is 47.3 Å². The van der Waals surface area contributed by atoms with Gasteiger partial charge >= 0.3 is 0 Å². The van der Waals surface area contributed by atoms with Crippen LogP contribution in [-0.4, -0.2) is 21.9 Å². The van der Waals surface area contributed by atoms with Gasteiger partial charge in [-0.3, -0.25) is 4.79 Å². The van der Waals surface area contributed by atoms with Crippen molar-refractivity contribution >= 4 is 17.5 Å². The molecule has 1 aliphatic rings. The van der Waals surface area contributed by atoms with E-state index in [0.717, 1.165) is 24.1 Å². The van der Waals surface area contributed by atoms with E-state index >= 15 is 0 Å². The van der Waals surface area contributed by atoms with Crippen molar-refractivity contribution in [3.63, 3.8) is 0 Å². The normalized spacial score (nSPS) is 14.7. The third-order valence-electron chi connectivity index (χ3n) is 4.34. The third kappa shape index (κ3) is 3.86. The van der Waals surface area contributed by atoms with E-state index in [1.807, 2.05) is 32.0 Å². The fraction of sp³-hybridized carbons (Fsp3) is 0.389. The second-order valence-electron chi connectivity index (χ2n) is 6.14. The summed E-state index contributed by atoms with van der Waals surface area (Å²) in [6, 6.07) is 7.92. The van der Waals surface area contributed by atoms with Crippen molar-refractivity contribution in [3.8, 4) is 0 Å². The average molecular weight is 310 g/mol. The fourth-order valence-electron chi connectivity index (χ4n) is 2.82. The molecule has 0 aliphatic heterocycles. The fourth-order valence-corrected chi connectivity index (χ4v) is 2.82. The summed E-state index contributed by atoms with van der Waals surface area (Å²) in [5, 5.41) is 6.20. The number of aromatic nitrogens is 2. The molecule has 0 saturated heterocycles. The maximum atomic E-state index is 12.4. The molecule has 0 spiro atoms. The molecule has 2 N–H and O–H groups in total. The van der Waals surface area contributed by atoms with Crippen LogP contribution in [0.4, 0.5) is 11.6 Å². The molecule has 1 amide bonds. The Bertz CT molecular complexity index is 708. The number of carbonyl (C=O) groups is 1. The lowest BCUT2D eigenvalue weighted by Crippen LogP contribution is -2.19. The van der Waals surface area contributed by atoms with Gasteiger partial charge in [-0.05, 0) is 56.0 Å². The van der Waals surface area contributed by atoms with Crippen LogP contribution in [0.2, 0.25) is 0 Å². The summed E-state index contributed by atoms with van der Waals surface area (Å²) < 4.78 is 0. The zero-order chi connectivity index (χ0) is 16.2.